The molecule has 1 aliphatic rings. The molecule has 2 N–H and O–H groups in total. The fraction of sp³-hybridized carbons (Fsp3) is 0.632. The molecule has 0 bridgehead atoms. The van der Waals surface area contributed by atoms with Crippen molar-refractivity contribution in [1.29, 1.82) is 0 Å². The van der Waals surface area contributed by atoms with Crippen LogP contribution >= 0.6 is 0 Å². The molecular formula is C19H31N3O3. The van der Waals surface area contributed by atoms with Crippen LogP contribution in [0, 0.1) is 0 Å². The summed E-state index contributed by atoms with van der Waals surface area (Å²) in [6, 6.07) is 6.98. The van der Waals surface area contributed by atoms with E-state index in [9.17, 15) is 4.79 Å². The van der Waals surface area contributed by atoms with E-state index in [0.29, 0.717) is 18.6 Å². The molecule has 1 fully saturated rings. The average molecular weight is 349 g/mol. The molecule has 0 saturated carbocycles. The van der Waals surface area contributed by atoms with Crippen molar-refractivity contribution in [2.45, 2.75) is 38.3 Å². The van der Waals surface area contributed by atoms with Crippen LogP contribution < -0.4 is 20.1 Å². The summed E-state index contributed by atoms with van der Waals surface area (Å²) >= 11 is 0. The zero-order valence-corrected chi connectivity index (χ0v) is 15.8. The summed E-state index contributed by atoms with van der Waals surface area (Å²) < 4.78 is 10.7. The van der Waals surface area contributed by atoms with Gasteiger partial charge in [0.2, 0.25) is 5.91 Å². The minimum Gasteiger partial charge on any atom is -0.493 e. The summed E-state index contributed by atoms with van der Waals surface area (Å²) in [5.74, 6) is 1.62. The van der Waals surface area contributed by atoms with Crippen LogP contribution in [0.3, 0.4) is 0 Å². The molecule has 25 heavy (non-hydrogen) atoms. The van der Waals surface area contributed by atoms with E-state index in [4.69, 9.17) is 9.47 Å². The first-order valence-corrected chi connectivity index (χ1v) is 8.95. The van der Waals surface area contributed by atoms with E-state index >= 15 is 0 Å². The molecule has 0 aliphatic carbocycles. The number of hydrogen-bond donors (Lipinski definition) is 2. The van der Waals surface area contributed by atoms with Crippen molar-refractivity contribution >= 4 is 5.91 Å². The molecule has 1 aromatic carbocycles. The molecular weight excluding hydrogens is 318 g/mol. The number of rotatable bonds is 8. The topological polar surface area (TPSA) is 62.8 Å². The summed E-state index contributed by atoms with van der Waals surface area (Å²) in [5, 5.41) is 6.41. The number of ether oxygens (including phenoxy) is 2. The number of piperidine rings is 1. The van der Waals surface area contributed by atoms with Gasteiger partial charge in [-0.2, -0.15) is 0 Å². The second-order valence-electron chi connectivity index (χ2n) is 6.68. The number of likely N-dealkylation sites (N-methyl/N-ethyl adjacent to an activating group) is 1. The highest BCUT2D eigenvalue weighted by atomic mass is 16.5. The summed E-state index contributed by atoms with van der Waals surface area (Å²) in [6.07, 6.45) is 3.10. The summed E-state index contributed by atoms with van der Waals surface area (Å²) in [5.41, 5.74) is 1.23. The minimum absolute atomic E-state index is 0.0910. The zero-order valence-electron chi connectivity index (χ0n) is 15.8. The van der Waals surface area contributed by atoms with E-state index in [1.54, 1.807) is 21.3 Å². The van der Waals surface area contributed by atoms with E-state index in [1.807, 2.05) is 12.1 Å². The summed E-state index contributed by atoms with van der Waals surface area (Å²) in [7, 11) is 5.00. The predicted molar refractivity (Wildman–Crippen MR) is 99.4 cm³/mol. The third-order valence-electron chi connectivity index (χ3n) is 4.74. The Hall–Kier alpha value is -1.79. The van der Waals surface area contributed by atoms with Crippen LogP contribution in [0.15, 0.2) is 18.2 Å². The number of amides is 1. The van der Waals surface area contributed by atoms with Gasteiger partial charge in [0.25, 0.3) is 0 Å². The number of carbonyl (C=O) groups is 1. The number of nitrogens with one attached hydrogen (secondary N) is 2. The van der Waals surface area contributed by atoms with E-state index in [1.165, 1.54) is 5.56 Å². The molecule has 1 amide bonds. The lowest BCUT2D eigenvalue weighted by molar-refractivity contribution is -0.122. The molecule has 6 nitrogen and oxygen atoms in total. The molecule has 1 aliphatic heterocycles. The SMILES string of the molecule is CNC(=O)CN1CCC(NC(C)Cc2ccc(OC)c(OC)c2)CC1. The highest BCUT2D eigenvalue weighted by Crippen LogP contribution is 2.28. The Morgan fingerprint density at radius 1 is 1.24 bits per heavy atom. The van der Waals surface area contributed by atoms with E-state index < -0.39 is 0 Å². The van der Waals surface area contributed by atoms with Gasteiger partial charge in [-0.25, -0.2) is 0 Å². The maximum atomic E-state index is 11.5. The number of methoxy groups -OCH3 is 2. The molecule has 1 atom stereocenters. The van der Waals surface area contributed by atoms with Gasteiger partial charge in [0.15, 0.2) is 11.5 Å². The lowest BCUT2D eigenvalue weighted by atomic mass is 10.0. The van der Waals surface area contributed by atoms with Crippen molar-refractivity contribution in [3.05, 3.63) is 23.8 Å². The maximum Gasteiger partial charge on any atom is 0.233 e. The molecule has 0 radical (unpaired) electrons. The van der Waals surface area contributed by atoms with Crippen LogP contribution in [0.2, 0.25) is 0 Å². The number of likely N-dealkylation sites (tertiary alicyclic amines) is 1. The van der Waals surface area contributed by atoms with Gasteiger partial charge in [0, 0.05) is 32.2 Å². The van der Waals surface area contributed by atoms with Crippen LogP contribution in [0.1, 0.15) is 25.3 Å². The second-order valence-corrected chi connectivity index (χ2v) is 6.68. The second kappa shape index (κ2) is 9.63. The molecule has 1 heterocycles. The Balaban J connectivity index is 1.79. The van der Waals surface area contributed by atoms with Crippen molar-refractivity contribution in [2.75, 3.05) is 40.9 Å². The number of nitrogens with zero attached hydrogens (tertiary/aromatic N) is 1. The fourth-order valence-corrected chi connectivity index (χ4v) is 3.36. The first-order valence-electron chi connectivity index (χ1n) is 8.95. The minimum atomic E-state index is 0.0910. The molecule has 6 heteroatoms. The van der Waals surface area contributed by atoms with Gasteiger partial charge >= 0.3 is 0 Å². The predicted octanol–water partition coefficient (Wildman–Crippen LogP) is 1.43. The van der Waals surface area contributed by atoms with Crippen molar-refractivity contribution < 1.29 is 14.3 Å². The van der Waals surface area contributed by atoms with Gasteiger partial charge in [-0.3, -0.25) is 9.69 Å². The molecule has 1 saturated heterocycles. The molecule has 140 valence electrons. The Morgan fingerprint density at radius 3 is 2.52 bits per heavy atom. The zero-order chi connectivity index (χ0) is 18.2. The Bertz CT molecular complexity index is 557. The van der Waals surface area contributed by atoms with Crippen LogP contribution in [0.5, 0.6) is 11.5 Å². The fourth-order valence-electron chi connectivity index (χ4n) is 3.36. The largest absolute Gasteiger partial charge is 0.493 e. The highest BCUT2D eigenvalue weighted by Gasteiger charge is 2.21. The van der Waals surface area contributed by atoms with Crippen molar-refractivity contribution in [3.8, 4) is 11.5 Å². The first-order chi connectivity index (χ1) is 12.0. The van der Waals surface area contributed by atoms with E-state index in [-0.39, 0.29) is 5.91 Å². The third-order valence-corrected chi connectivity index (χ3v) is 4.74. The number of benzene rings is 1. The molecule has 0 aromatic heterocycles. The monoisotopic (exact) mass is 349 g/mol. The number of carbonyl (C=O) groups excluding carboxylic acids is 1. The van der Waals surface area contributed by atoms with Gasteiger partial charge in [-0.15, -0.1) is 0 Å². The van der Waals surface area contributed by atoms with Gasteiger partial charge in [-0.05, 0) is 43.9 Å². The lowest BCUT2D eigenvalue weighted by Crippen LogP contribution is -2.48. The Morgan fingerprint density at radius 2 is 1.92 bits per heavy atom. The normalized spacial score (nSPS) is 17.1. The van der Waals surface area contributed by atoms with Gasteiger partial charge in [0.1, 0.15) is 0 Å². The van der Waals surface area contributed by atoms with Crippen molar-refractivity contribution in [2.24, 2.45) is 0 Å². The standard InChI is InChI=1S/C19H31N3O3/c1-14(11-15-5-6-17(24-3)18(12-15)25-4)21-16-7-9-22(10-8-16)13-19(23)20-2/h5-6,12,14,16,21H,7-11,13H2,1-4H3,(H,20,23). The summed E-state index contributed by atoms with van der Waals surface area (Å²) in [4.78, 5) is 13.7. The maximum absolute atomic E-state index is 11.5. The van der Waals surface area contributed by atoms with Gasteiger partial charge in [0.05, 0.1) is 20.8 Å². The molecule has 1 unspecified atom stereocenters. The van der Waals surface area contributed by atoms with Gasteiger partial charge < -0.3 is 20.1 Å². The van der Waals surface area contributed by atoms with Crippen LogP contribution in [0.4, 0.5) is 0 Å². The Kier molecular flexibility index (Phi) is 7.52. The average Bonchev–Trinajstić information content (AvgIpc) is 2.63. The third kappa shape index (κ3) is 5.90. The highest BCUT2D eigenvalue weighted by molar-refractivity contribution is 5.77. The lowest BCUT2D eigenvalue weighted by Gasteiger charge is -2.33. The van der Waals surface area contributed by atoms with E-state index in [2.05, 4.69) is 28.5 Å². The quantitative estimate of drug-likeness (QED) is 0.743. The van der Waals surface area contributed by atoms with Crippen LogP contribution in [-0.4, -0.2) is 63.8 Å². The van der Waals surface area contributed by atoms with Crippen LogP contribution in [-0.2, 0) is 11.2 Å². The smallest absolute Gasteiger partial charge is 0.233 e. The molecule has 0 spiro atoms. The van der Waals surface area contributed by atoms with Gasteiger partial charge in [-0.1, -0.05) is 6.07 Å². The molecule has 2 rings (SSSR count). The summed E-state index contributed by atoms with van der Waals surface area (Å²) in [6.45, 7) is 4.65. The number of hydrogen-bond acceptors (Lipinski definition) is 5. The Labute approximate surface area is 150 Å². The van der Waals surface area contributed by atoms with Crippen molar-refractivity contribution in [1.82, 2.24) is 15.5 Å². The first kappa shape index (κ1) is 19.5. The van der Waals surface area contributed by atoms with Crippen LogP contribution in [0.25, 0.3) is 0 Å². The molecule has 1 aromatic rings. The van der Waals surface area contributed by atoms with E-state index in [0.717, 1.165) is 43.9 Å². The van der Waals surface area contributed by atoms with Crippen molar-refractivity contribution in [3.63, 3.8) is 0 Å².